The van der Waals surface area contributed by atoms with Crippen LogP contribution in [0.3, 0.4) is 0 Å². The zero-order valence-electron chi connectivity index (χ0n) is 25.1. The molecule has 230 valence electrons. The normalized spacial score (nSPS) is 26.7. The molecule has 0 heterocycles. The number of aliphatic hydroxyl groups is 4. The van der Waals surface area contributed by atoms with Crippen molar-refractivity contribution in [1.82, 2.24) is 10.2 Å². The monoisotopic (exact) mass is 586 g/mol. The molecule has 1 amide bonds. The molecule has 42 heavy (non-hydrogen) atoms. The van der Waals surface area contributed by atoms with Crippen LogP contribution >= 0.6 is 0 Å². The molecule has 1 aromatic rings. The van der Waals surface area contributed by atoms with Gasteiger partial charge in [0.25, 0.3) is 5.91 Å². The number of primary amides is 1. The van der Waals surface area contributed by atoms with E-state index in [1.807, 2.05) is 39.8 Å². The van der Waals surface area contributed by atoms with Crippen molar-refractivity contribution >= 4 is 28.9 Å². The van der Waals surface area contributed by atoms with E-state index in [9.17, 15) is 39.9 Å². The van der Waals surface area contributed by atoms with Crippen molar-refractivity contribution in [2.24, 2.45) is 23.0 Å². The van der Waals surface area contributed by atoms with Crippen molar-refractivity contribution in [3.05, 3.63) is 39.7 Å². The molecule has 0 spiro atoms. The van der Waals surface area contributed by atoms with Crippen molar-refractivity contribution in [3.8, 4) is 5.75 Å². The maximum absolute atomic E-state index is 14.0. The minimum atomic E-state index is -2.68. The Morgan fingerprint density at radius 1 is 1.17 bits per heavy atom. The molecular weight excluding hydrogens is 544 g/mol. The highest BCUT2D eigenvalue weighted by Crippen LogP contribution is 2.54. The summed E-state index contributed by atoms with van der Waals surface area (Å²) in [6.45, 7) is 6.20. The number of anilines is 1. The lowest BCUT2D eigenvalue weighted by atomic mass is 9.57. The number of carbonyl (C=O) groups excluding carboxylic acids is 3. The van der Waals surface area contributed by atoms with E-state index in [-0.39, 0.29) is 47.8 Å². The van der Waals surface area contributed by atoms with E-state index >= 15 is 0 Å². The summed E-state index contributed by atoms with van der Waals surface area (Å²) in [4.78, 5) is 42.8. The maximum Gasteiger partial charge on any atom is 0.255 e. The lowest BCUT2D eigenvalue weighted by Gasteiger charge is -2.50. The van der Waals surface area contributed by atoms with E-state index in [2.05, 4.69) is 5.32 Å². The highest BCUT2D eigenvalue weighted by atomic mass is 16.3. The second-order valence-corrected chi connectivity index (χ2v) is 13.1. The van der Waals surface area contributed by atoms with Crippen molar-refractivity contribution in [1.29, 1.82) is 0 Å². The molecule has 5 atom stereocenters. The molecule has 1 fully saturated rings. The number of nitrogens with one attached hydrogen (secondary N) is 1. The molecule has 1 saturated carbocycles. The number of likely N-dealkylation sites (N-methyl/N-ethyl adjacent to an activating group) is 1. The zero-order valence-corrected chi connectivity index (χ0v) is 25.1. The highest BCUT2D eigenvalue weighted by Gasteiger charge is 2.64. The quantitative estimate of drug-likeness (QED) is 0.220. The van der Waals surface area contributed by atoms with Gasteiger partial charge >= 0.3 is 0 Å². The highest BCUT2D eigenvalue weighted by molar-refractivity contribution is 6.24. The number of amides is 1. The van der Waals surface area contributed by atoms with Gasteiger partial charge in [-0.05, 0) is 55.5 Å². The van der Waals surface area contributed by atoms with E-state index in [1.165, 1.54) is 11.0 Å². The Hall–Kier alpha value is -3.45. The van der Waals surface area contributed by atoms with E-state index in [0.717, 1.165) is 0 Å². The van der Waals surface area contributed by atoms with Crippen LogP contribution in [0.15, 0.2) is 23.0 Å². The summed E-state index contributed by atoms with van der Waals surface area (Å²) in [5, 5.41) is 58.7. The number of aromatic hydroxyl groups is 1. The smallest absolute Gasteiger partial charge is 0.255 e. The fraction of sp³-hybridized carbons (Fsp3) is 0.567. The summed E-state index contributed by atoms with van der Waals surface area (Å²) in [5.41, 5.74) is 3.45. The number of Topliss-reactive ketones (excluding diaryl/α,β-unsaturated/α-hetero) is 2. The van der Waals surface area contributed by atoms with Crippen LogP contribution in [0.4, 0.5) is 5.69 Å². The van der Waals surface area contributed by atoms with Crippen LogP contribution in [0.25, 0.3) is 5.76 Å². The van der Waals surface area contributed by atoms with Crippen LogP contribution in [0, 0.1) is 17.3 Å². The van der Waals surface area contributed by atoms with Gasteiger partial charge in [-0.1, -0.05) is 20.8 Å². The molecule has 8 N–H and O–H groups in total. The minimum Gasteiger partial charge on any atom is -0.508 e. The number of fused-ring (bicyclic) bond motifs is 3. The van der Waals surface area contributed by atoms with Gasteiger partial charge in [0, 0.05) is 43.9 Å². The Balaban J connectivity index is 1.90. The van der Waals surface area contributed by atoms with Gasteiger partial charge in [-0.15, -0.1) is 0 Å². The number of hydrogen-bond donors (Lipinski definition) is 7. The molecule has 4 rings (SSSR count). The Morgan fingerprint density at radius 2 is 1.79 bits per heavy atom. The van der Waals surface area contributed by atoms with Gasteiger partial charge in [0.1, 0.15) is 22.8 Å². The van der Waals surface area contributed by atoms with Crippen molar-refractivity contribution < 1.29 is 39.9 Å². The average molecular weight is 587 g/mol. The standard InChI is InChI=1S/C30H42N4O8/c1-29(2,3)18(12-35)32-11-14-10-17(36)20-15(22(14)33(4)5)8-13-9-16-23(34(6)7)25(38)21(28(31)41)27(40)30(16,42)26(39)19(13)24(20)37/h10,13,16,18,23,32,35-37,40,42H,8-9,11-12H2,1-7H3,(H2,31,41)/t13-,16-,18+,23-,30-/m0/s1. The molecule has 12 nitrogen and oxygen atoms in total. The zero-order chi connectivity index (χ0) is 31.6. The van der Waals surface area contributed by atoms with Gasteiger partial charge in [-0.25, -0.2) is 0 Å². The lowest BCUT2D eigenvalue weighted by Crippen LogP contribution is -2.65. The summed E-state index contributed by atoms with van der Waals surface area (Å²) in [6, 6.07) is 0.106. The van der Waals surface area contributed by atoms with Crippen LogP contribution in [-0.4, -0.2) is 100 Å². The first kappa shape index (κ1) is 31.5. The summed E-state index contributed by atoms with van der Waals surface area (Å²) >= 11 is 0. The average Bonchev–Trinajstić information content (AvgIpc) is 2.85. The third-order valence-electron chi connectivity index (χ3n) is 8.99. The number of carbonyl (C=O) groups is 3. The van der Waals surface area contributed by atoms with Gasteiger partial charge in [0.05, 0.1) is 18.2 Å². The number of phenols is 1. The van der Waals surface area contributed by atoms with E-state index in [0.29, 0.717) is 23.4 Å². The first-order valence-corrected chi connectivity index (χ1v) is 13.9. The lowest BCUT2D eigenvalue weighted by molar-refractivity contribution is -0.153. The van der Waals surface area contributed by atoms with Gasteiger partial charge in [0.15, 0.2) is 11.4 Å². The van der Waals surface area contributed by atoms with Gasteiger partial charge in [-0.3, -0.25) is 19.3 Å². The number of phenolic OH excluding ortho intramolecular Hbond substituents is 1. The molecule has 3 aliphatic rings. The molecular formula is C30H42N4O8. The number of hydrogen-bond acceptors (Lipinski definition) is 11. The van der Waals surface area contributed by atoms with E-state index in [1.54, 1.807) is 14.1 Å². The van der Waals surface area contributed by atoms with Gasteiger partial charge in [-0.2, -0.15) is 0 Å². The largest absolute Gasteiger partial charge is 0.508 e. The predicted molar refractivity (Wildman–Crippen MR) is 156 cm³/mol. The Morgan fingerprint density at radius 3 is 2.29 bits per heavy atom. The molecule has 0 aromatic heterocycles. The third-order valence-corrected chi connectivity index (χ3v) is 8.99. The van der Waals surface area contributed by atoms with Crippen molar-refractivity contribution in [2.45, 2.75) is 57.8 Å². The fourth-order valence-electron chi connectivity index (χ4n) is 6.94. The SMILES string of the molecule is CN(C)c1c(CN[C@H](CO)C(C)(C)C)cc(O)c2c1C[C@H]1C[C@H]3[C@H](N(C)C)C(=O)C(C(N)=O)=C(O)[C@@]3(O)C(=O)C1=C2O. The predicted octanol–water partition coefficient (Wildman–Crippen LogP) is 0.527. The molecule has 3 aliphatic carbocycles. The number of nitrogens with zero attached hydrogens (tertiary/aromatic N) is 2. The third kappa shape index (κ3) is 4.66. The van der Waals surface area contributed by atoms with Crippen LogP contribution < -0.4 is 16.0 Å². The van der Waals surface area contributed by atoms with Gasteiger partial charge in [0.2, 0.25) is 5.78 Å². The number of nitrogens with two attached hydrogens (primary N) is 1. The van der Waals surface area contributed by atoms with Crippen LogP contribution in [0.2, 0.25) is 0 Å². The molecule has 0 radical (unpaired) electrons. The minimum absolute atomic E-state index is 0.0124. The van der Waals surface area contributed by atoms with Crippen LogP contribution in [0.5, 0.6) is 5.75 Å². The van der Waals surface area contributed by atoms with Gasteiger partial charge < -0.3 is 41.5 Å². The molecule has 12 heteroatoms. The Bertz CT molecular complexity index is 1410. The van der Waals surface area contributed by atoms with Crippen LogP contribution in [-0.2, 0) is 27.3 Å². The number of ketones is 2. The summed E-state index contributed by atoms with van der Waals surface area (Å²) in [6.07, 6.45) is 0.199. The summed E-state index contributed by atoms with van der Waals surface area (Å²) < 4.78 is 0. The first-order valence-electron chi connectivity index (χ1n) is 13.9. The number of benzene rings is 1. The Labute approximate surface area is 245 Å². The maximum atomic E-state index is 14.0. The molecule has 0 bridgehead atoms. The number of rotatable bonds is 7. The summed E-state index contributed by atoms with van der Waals surface area (Å²) in [5.74, 6) is -6.86. The van der Waals surface area contributed by atoms with Crippen molar-refractivity contribution in [3.63, 3.8) is 0 Å². The molecule has 0 unspecified atom stereocenters. The second kappa shape index (κ2) is 10.7. The first-order chi connectivity index (χ1) is 19.4. The number of aliphatic hydroxyl groups excluding tert-OH is 3. The van der Waals surface area contributed by atoms with E-state index in [4.69, 9.17) is 5.73 Å². The van der Waals surface area contributed by atoms with Crippen molar-refractivity contribution in [2.75, 3.05) is 39.7 Å². The summed E-state index contributed by atoms with van der Waals surface area (Å²) in [7, 11) is 6.76. The molecule has 1 aromatic carbocycles. The Kier molecular flexibility index (Phi) is 8.00. The van der Waals surface area contributed by atoms with Crippen LogP contribution in [0.1, 0.15) is 43.9 Å². The van der Waals surface area contributed by atoms with E-state index < -0.39 is 58.0 Å². The molecule has 0 aliphatic heterocycles. The fourth-order valence-corrected chi connectivity index (χ4v) is 6.94. The second-order valence-electron chi connectivity index (χ2n) is 13.1. The topological polar surface area (TPSA) is 197 Å². The molecule has 0 saturated heterocycles.